The number of ether oxygens (including phenoxy) is 3. The average Bonchev–Trinajstić information content (AvgIpc) is 2.62. The molecule has 2 rings (SSSR count). The first-order valence-corrected chi connectivity index (χ1v) is 7.94. The number of carbonyl (C=O) groups is 1. The minimum atomic E-state index is -0.295. The predicted molar refractivity (Wildman–Crippen MR) is 97.6 cm³/mol. The zero-order chi connectivity index (χ0) is 18.2. The van der Waals surface area contributed by atoms with Crippen LogP contribution in [-0.2, 0) is 4.79 Å². The second kappa shape index (κ2) is 8.94. The highest BCUT2D eigenvalue weighted by Crippen LogP contribution is 2.36. The van der Waals surface area contributed by atoms with Gasteiger partial charge >= 0.3 is 0 Å². The lowest BCUT2D eigenvalue weighted by atomic mass is 10.2. The maximum absolute atomic E-state index is 12.0. The number of methoxy groups -OCH3 is 2. The molecule has 2 aromatic rings. The summed E-state index contributed by atoms with van der Waals surface area (Å²) in [5, 5.41) is 3.12. The van der Waals surface area contributed by atoms with E-state index in [0.717, 1.165) is 0 Å². The number of halogens is 1. The van der Waals surface area contributed by atoms with Gasteiger partial charge in [0.1, 0.15) is 0 Å². The topological polar surface area (TPSA) is 69.7 Å². The number of pyridine rings is 1. The van der Waals surface area contributed by atoms with E-state index in [-0.39, 0.29) is 5.91 Å². The Morgan fingerprint density at radius 3 is 2.68 bits per heavy atom. The molecule has 1 heterocycles. The van der Waals surface area contributed by atoms with Gasteiger partial charge in [-0.3, -0.25) is 4.79 Å². The van der Waals surface area contributed by atoms with Crippen molar-refractivity contribution in [3.05, 3.63) is 47.1 Å². The van der Waals surface area contributed by atoms with Gasteiger partial charge < -0.3 is 19.5 Å². The molecule has 0 aliphatic carbocycles. The van der Waals surface area contributed by atoms with Gasteiger partial charge in [0, 0.05) is 12.1 Å². The number of aromatic nitrogens is 1. The van der Waals surface area contributed by atoms with Gasteiger partial charge in [0.2, 0.25) is 11.8 Å². The highest BCUT2D eigenvalue weighted by Gasteiger charge is 2.10. The van der Waals surface area contributed by atoms with Crippen molar-refractivity contribution in [1.29, 1.82) is 0 Å². The van der Waals surface area contributed by atoms with Crippen LogP contribution in [-0.4, -0.2) is 31.7 Å². The van der Waals surface area contributed by atoms with Crippen molar-refractivity contribution in [1.82, 2.24) is 4.98 Å². The molecule has 1 aromatic heterocycles. The van der Waals surface area contributed by atoms with Crippen LogP contribution in [0.3, 0.4) is 0 Å². The summed E-state index contributed by atoms with van der Waals surface area (Å²) in [6.07, 6.45) is 4.55. The van der Waals surface area contributed by atoms with E-state index in [4.69, 9.17) is 25.8 Å². The Morgan fingerprint density at radius 2 is 2.08 bits per heavy atom. The Morgan fingerprint density at radius 1 is 1.28 bits per heavy atom. The van der Waals surface area contributed by atoms with E-state index >= 15 is 0 Å². The highest BCUT2D eigenvalue weighted by atomic mass is 35.5. The van der Waals surface area contributed by atoms with Gasteiger partial charge in [-0.1, -0.05) is 11.6 Å². The fourth-order valence-electron chi connectivity index (χ4n) is 2.05. The largest absolute Gasteiger partial charge is 0.493 e. The molecule has 0 radical (unpaired) electrons. The Bertz CT molecular complexity index is 760. The monoisotopic (exact) mass is 362 g/mol. The number of hydrogen-bond donors (Lipinski definition) is 1. The van der Waals surface area contributed by atoms with Crippen LogP contribution in [0.2, 0.25) is 5.02 Å². The van der Waals surface area contributed by atoms with E-state index < -0.39 is 0 Å². The molecular formula is C18H19ClN2O4. The van der Waals surface area contributed by atoms with Gasteiger partial charge in [0.25, 0.3) is 0 Å². The Labute approximate surface area is 151 Å². The summed E-state index contributed by atoms with van der Waals surface area (Å²) in [5.41, 5.74) is 1.28. The fraction of sp³-hybridized carbons (Fsp3) is 0.222. The number of anilines is 1. The minimum absolute atomic E-state index is 0.295. The molecule has 25 heavy (non-hydrogen) atoms. The summed E-state index contributed by atoms with van der Waals surface area (Å²) in [6, 6.07) is 6.81. The Kier molecular flexibility index (Phi) is 6.65. The lowest BCUT2D eigenvalue weighted by molar-refractivity contribution is -0.111. The molecule has 7 heteroatoms. The molecule has 0 bridgehead atoms. The van der Waals surface area contributed by atoms with Gasteiger partial charge in [-0.25, -0.2) is 4.98 Å². The first kappa shape index (κ1) is 18.6. The maximum atomic E-state index is 12.0. The predicted octanol–water partition coefficient (Wildman–Crippen LogP) is 3.80. The summed E-state index contributed by atoms with van der Waals surface area (Å²) in [7, 11) is 3.06. The average molecular weight is 363 g/mol. The van der Waals surface area contributed by atoms with Crippen LogP contribution in [0.1, 0.15) is 12.5 Å². The zero-order valence-electron chi connectivity index (χ0n) is 14.2. The second-order valence-electron chi connectivity index (χ2n) is 4.88. The van der Waals surface area contributed by atoms with Crippen molar-refractivity contribution in [2.45, 2.75) is 6.92 Å². The molecule has 0 unspecified atom stereocenters. The van der Waals surface area contributed by atoms with Gasteiger partial charge in [-0.15, -0.1) is 0 Å². The zero-order valence-corrected chi connectivity index (χ0v) is 15.0. The number of rotatable bonds is 7. The summed E-state index contributed by atoms with van der Waals surface area (Å²) in [6.45, 7) is 2.34. The number of amides is 1. The smallest absolute Gasteiger partial charge is 0.248 e. The first-order chi connectivity index (χ1) is 12.1. The number of nitrogens with one attached hydrogen (secondary N) is 1. The van der Waals surface area contributed by atoms with Crippen molar-refractivity contribution in [2.75, 3.05) is 26.1 Å². The molecule has 0 aliphatic rings. The van der Waals surface area contributed by atoms with Crippen LogP contribution in [0.5, 0.6) is 17.4 Å². The second-order valence-corrected chi connectivity index (χ2v) is 5.29. The van der Waals surface area contributed by atoms with E-state index in [9.17, 15) is 4.79 Å². The Balaban J connectivity index is 2.09. The van der Waals surface area contributed by atoms with Gasteiger partial charge in [-0.05, 0) is 36.8 Å². The van der Waals surface area contributed by atoms with E-state index in [2.05, 4.69) is 10.3 Å². The SMILES string of the molecule is CCOc1c(Cl)cc(/C=C/C(=O)Nc2ccc(OC)nc2)cc1OC. The third-order valence-corrected chi connectivity index (χ3v) is 3.46. The number of nitrogens with zero attached hydrogens (tertiary/aromatic N) is 1. The van der Waals surface area contributed by atoms with Crippen LogP contribution < -0.4 is 19.5 Å². The van der Waals surface area contributed by atoms with Crippen molar-refractivity contribution >= 4 is 29.3 Å². The number of benzene rings is 1. The van der Waals surface area contributed by atoms with Crippen LogP contribution in [0.4, 0.5) is 5.69 Å². The molecule has 0 fully saturated rings. The summed E-state index contributed by atoms with van der Waals surface area (Å²) in [4.78, 5) is 16.0. The van der Waals surface area contributed by atoms with E-state index in [1.54, 1.807) is 30.3 Å². The first-order valence-electron chi connectivity index (χ1n) is 7.56. The van der Waals surface area contributed by atoms with Crippen LogP contribution in [0, 0.1) is 0 Å². The lowest BCUT2D eigenvalue weighted by Crippen LogP contribution is -2.08. The van der Waals surface area contributed by atoms with Crippen molar-refractivity contribution < 1.29 is 19.0 Å². The molecule has 1 amide bonds. The van der Waals surface area contributed by atoms with Gasteiger partial charge in [-0.2, -0.15) is 0 Å². The maximum Gasteiger partial charge on any atom is 0.248 e. The summed E-state index contributed by atoms with van der Waals surface area (Å²) in [5.74, 6) is 1.17. The minimum Gasteiger partial charge on any atom is -0.493 e. The molecule has 0 aliphatic heterocycles. The van der Waals surface area contributed by atoms with E-state index in [0.29, 0.717) is 40.3 Å². The van der Waals surface area contributed by atoms with Gasteiger partial charge in [0.05, 0.1) is 37.7 Å². The molecular weight excluding hydrogens is 344 g/mol. The summed E-state index contributed by atoms with van der Waals surface area (Å²) >= 11 is 6.21. The lowest BCUT2D eigenvalue weighted by Gasteiger charge is -2.11. The third-order valence-electron chi connectivity index (χ3n) is 3.18. The standard InChI is InChI=1S/C18H19ClN2O4/c1-4-25-18-14(19)9-12(10-15(18)23-2)5-7-16(22)21-13-6-8-17(24-3)20-11-13/h5-11H,4H2,1-3H3,(H,21,22)/b7-5+. The quantitative estimate of drug-likeness (QED) is 0.758. The third kappa shape index (κ3) is 5.12. The fourth-order valence-corrected chi connectivity index (χ4v) is 2.32. The van der Waals surface area contributed by atoms with Crippen LogP contribution >= 0.6 is 11.6 Å². The molecule has 1 N–H and O–H groups in total. The summed E-state index contributed by atoms with van der Waals surface area (Å²) < 4.78 is 15.7. The van der Waals surface area contributed by atoms with Crippen LogP contribution in [0.25, 0.3) is 6.08 Å². The van der Waals surface area contributed by atoms with Crippen molar-refractivity contribution in [3.8, 4) is 17.4 Å². The van der Waals surface area contributed by atoms with E-state index in [1.807, 2.05) is 6.92 Å². The molecule has 0 saturated carbocycles. The molecule has 6 nitrogen and oxygen atoms in total. The van der Waals surface area contributed by atoms with Crippen molar-refractivity contribution in [2.24, 2.45) is 0 Å². The molecule has 0 saturated heterocycles. The van der Waals surface area contributed by atoms with Crippen LogP contribution in [0.15, 0.2) is 36.5 Å². The van der Waals surface area contributed by atoms with Crippen molar-refractivity contribution in [3.63, 3.8) is 0 Å². The number of hydrogen-bond acceptors (Lipinski definition) is 5. The highest BCUT2D eigenvalue weighted by molar-refractivity contribution is 6.32. The van der Waals surface area contributed by atoms with E-state index in [1.165, 1.54) is 26.5 Å². The molecule has 132 valence electrons. The molecule has 0 spiro atoms. The molecule has 0 atom stereocenters. The normalized spacial score (nSPS) is 10.6. The molecule has 1 aromatic carbocycles. The van der Waals surface area contributed by atoms with Gasteiger partial charge in [0.15, 0.2) is 11.5 Å². The number of carbonyl (C=O) groups excluding carboxylic acids is 1. The Hall–Kier alpha value is -2.73.